The van der Waals surface area contributed by atoms with Gasteiger partial charge in [-0.15, -0.1) is 0 Å². The fourth-order valence-corrected chi connectivity index (χ4v) is 3.79. The summed E-state index contributed by atoms with van der Waals surface area (Å²) in [5.41, 5.74) is 6.65. The van der Waals surface area contributed by atoms with E-state index in [0.29, 0.717) is 6.42 Å². The summed E-state index contributed by atoms with van der Waals surface area (Å²) in [5.74, 6) is 1.60. The van der Waals surface area contributed by atoms with Crippen LogP contribution in [0.4, 0.5) is 13.2 Å². The zero-order valence-corrected chi connectivity index (χ0v) is 12.1. The van der Waals surface area contributed by atoms with Crippen LogP contribution in [0.15, 0.2) is 24.3 Å². The van der Waals surface area contributed by atoms with Crippen LogP contribution in [-0.2, 0) is 12.6 Å². The van der Waals surface area contributed by atoms with Gasteiger partial charge < -0.3 is 5.73 Å². The molecule has 0 heterocycles. The van der Waals surface area contributed by atoms with Gasteiger partial charge in [0.25, 0.3) is 0 Å². The van der Waals surface area contributed by atoms with E-state index in [0.717, 1.165) is 36.7 Å². The normalized spacial score (nSPS) is 30.4. The zero-order chi connectivity index (χ0) is 15.1. The van der Waals surface area contributed by atoms with E-state index in [1.165, 1.54) is 31.4 Å². The molecular formula is C17H22F3N. The molecule has 0 radical (unpaired) electrons. The van der Waals surface area contributed by atoms with Gasteiger partial charge in [-0.2, -0.15) is 13.2 Å². The summed E-state index contributed by atoms with van der Waals surface area (Å²) in [6, 6.07) is 5.50. The van der Waals surface area contributed by atoms with Crippen molar-refractivity contribution in [2.24, 2.45) is 17.6 Å². The summed E-state index contributed by atoms with van der Waals surface area (Å²) < 4.78 is 37.7. The molecule has 2 N–H and O–H groups in total. The Morgan fingerprint density at radius 1 is 1.05 bits per heavy atom. The summed E-state index contributed by atoms with van der Waals surface area (Å²) in [4.78, 5) is 0. The average molecular weight is 297 g/mol. The molecule has 21 heavy (non-hydrogen) atoms. The molecule has 0 saturated heterocycles. The first-order valence-electron chi connectivity index (χ1n) is 7.81. The second-order valence-electron chi connectivity index (χ2n) is 6.93. The van der Waals surface area contributed by atoms with E-state index in [9.17, 15) is 13.2 Å². The Hall–Kier alpha value is -1.03. The third-order valence-corrected chi connectivity index (χ3v) is 5.04. The molecule has 0 bridgehead atoms. The molecular weight excluding hydrogens is 275 g/mol. The van der Waals surface area contributed by atoms with Crippen molar-refractivity contribution in [2.75, 3.05) is 0 Å². The number of alkyl halides is 3. The molecule has 0 aromatic heterocycles. The Morgan fingerprint density at radius 2 is 1.71 bits per heavy atom. The smallest absolute Gasteiger partial charge is 0.325 e. The van der Waals surface area contributed by atoms with Crippen LogP contribution >= 0.6 is 0 Å². The highest BCUT2D eigenvalue weighted by Crippen LogP contribution is 2.46. The lowest BCUT2D eigenvalue weighted by Gasteiger charge is -2.38. The summed E-state index contributed by atoms with van der Waals surface area (Å²) in [7, 11) is 0. The molecule has 1 aromatic rings. The number of rotatable bonds is 3. The number of hydrogen-bond donors (Lipinski definition) is 1. The second kappa shape index (κ2) is 5.31. The molecule has 0 spiro atoms. The molecule has 2 unspecified atom stereocenters. The molecule has 3 rings (SSSR count). The number of nitrogens with two attached hydrogens (primary N) is 1. The van der Waals surface area contributed by atoms with Gasteiger partial charge in [0.15, 0.2) is 0 Å². The summed E-state index contributed by atoms with van der Waals surface area (Å²) >= 11 is 0. The molecule has 2 saturated carbocycles. The first kappa shape index (κ1) is 14.9. The molecule has 2 aliphatic rings. The van der Waals surface area contributed by atoms with Gasteiger partial charge in [-0.1, -0.05) is 25.0 Å². The SMILES string of the molecule is NC1(Cc2ccc(C(F)(F)F)cc2)CCCC(C2CC2)C1. The highest BCUT2D eigenvalue weighted by atomic mass is 19.4. The van der Waals surface area contributed by atoms with E-state index in [4.69, 9.17) is 5.73 Å². The highest BCUT2D eigenvalue weighted by molar-refractivity contribution is 5.26. The van der Waals surface area contributed by atoms with Crippen LogP contribution in [0, 0.1) is 11.8 Å². The average Bonchev–Trinajstić information content (AvgIpc) is 3.22. The van der Waals surface area contributed by atoms with Crippen molar-refractivity contribution in [3.63, 3.8) is 0 Å². The second-order valence-corrected chi connectivity index (χ2v) is 6.93. The number of benzene rings is 1. The fourth-order valence-electron chi connectivity index (χ4n) is 3.79. The maximum absolute atomic E-state index is 12.6. The van der Waals surface area contributed by atoms with Gasteiger partial charge in [0.1, 0.15) is 0 Å². The van der Waals surface area contributed by atoms with Crippen LogP contribution < -0.4 is 5.73 Å². The first-order chi connectivity index (χ1) is 9.86. The zero-order valence-electron chi connectivity index (χ0n) is 12.1. The maximum Gasteiger partial charge on any atom is 0.416 e. The van der Waals surface area contributed by atoms with Crippen LogP contribution in [0.25, 0.3) is 0 Å². The predicted octanol–water partition coefficient (Wildman–Crippen LogP) is 4.55. The molecule has 0 amide bonds. The van der Waals surface area contributed by atoms with Gasteiger partial charge in [0, 0.05) is 5.54 Å². The van der Waals surface area contributed by atoms with E-state index < -0.39 is 11.7 Å². The van der Waals surface area contributed by atoms with Crippen molar-refractivity contribution in [3.8, 4) is 0 Å². The van der Waals surface area contributed by atoms with E-state index in [-0.39, 0.29) is 5.54 Å². The van der Waals surface area contributed by atoms with Crippen molar-refractivity contribution < 1.29 is 13.2 Å². The Kier molecular flexibility index (Phi) is 3.76. The van der Waals surface area contributed by atoms with Crippen molar-refractivity contribution in [1.29, 1.82) is 0 Å². The summed E-state index contributed by atoms with van der Waals surface area (Å²) in [6.07, 6.45) is 3.53. The first-order valence-corrected chi connectivity index (χ1v) is 7.81. The highest BCUT2D eigenvalue weighted by Gasteiger charge is 2.40. The monoisotopic (exact) mass is 297 g/mol. The molecule has 1 aromatic carbocycles. The van der Waals surface area contributed by atoms with E-state index >= 15 is 0 Å². The lowest BCUT2D eigenvalue weighted by atomic mass is 9.72. The Bertz CT molecular complexity index is 490. The molecule has 2 fully saturated rings. The molecule has 2 aliphatic carbocycles. The van der Waals surface area contributed by atoms with E-state index in [1.54, 1.807) is 12.1 Å². The summed E-state index contributed by atoms with van der Waals surface area (Å²) in [5, 5.41) is 0. The Labute approximate surface area is 123 Å². The third-order valence-electron chi connectivity index (χ3n) is 5.04. The lowest BCUT2D eigenvalue weighted by molar-refractivity contribution is -0.137. The topological polar surface area (TPSA) is 26.0 Å². The molecule has 0 aliphatic heterocycles. The van der Waals surface area contributed by atoms with Gasteiger partial charge in [-0.25, -0.2) is 0 Å². The van der Waals surface area contributed by atoms with Crippen LogP contribution in [-0.4, -0.2) is 5.54 Å². The standard InChI is InChI=1S/C17H22F3N/c18-17(19,20)15-7-3-12(4-8-15)10-16(21)9-1-2-14(11-16)13-5-6-13/h3-4,7-8,13-14H,1-2,5-6,9-11,21H2. The summed E-state index contributed by atoms with van der Waals surface area (Å²) in [6.45, 7) is 0. The maximum atomic E-state index is 12.6. The lowest BCUT2D eigenvalue weighted by Crippen LogP contribution is -2.46. The van der Waals surface area contributed by atoms with Crippen LogP contribution in [0.2, 0.25) is 0 Å². The van der Waals surface area contributed by atoms with Crippen LogP contribution in [0.1, 0.15) is 49.7 Å². The molecule has 1 nitrogen and oxygen atoms in total. The number of hydrogen-bond acceptors (Lipinski definition) is 1. The van der Waals surface area contributed by atoms with Gasteiger partial charge in [-0.05, 0) is 61.6 Å². The Morgan fingerprint density at radius 3 is 2.29 bits per heavy atom. The minimum atomic E-state index is -4.26. The van der Waals surface area contributed by atoms with Crippen molar-refractivity contribution in [2.45, 2.75) is 56.7 Å². The number of halogens is 3. The van der Waals surface area contributed by atoms with Crippen LogP contribution in [0.3, 0.4) is 0 Å². The fraction of sp³-hybridized carbons (Fsp3) is 0.647. The van der Waals surface area contributed by atoms with Crippen molar-refractivity contribution in [3.05, 3.63) is 35.4 Å². The van der Waals surface area contributed by atoms with Crippen molar-refractivity contribution in [1.82, 2.24) is 0 Å². The van der Waals surface area contributed by atoms with Gasteiger partial charge in [0.2, 0.25) is 0 Å². The van der Waals surface area contributed by atoms with Crippen molar-refractivity contribution >= 4 is 0 Å². The van der Waals surface area contributed by atoms with Gasteiger partial charge in [-0.3, -0.25) is 0 Å². The van der Waals surface area contributed by atoms with E-state index in [2.05, 4.69) is 0 Å². The molecule has 2 atom stereocenters. The van der Waals surface area contributed by atoms with E-state index in [1.807, 2.05) is 0 Å². The quantitative estimate of drug-likeness (QED) is 0.870. The molecule has 116 valence electrons. The minimum Gasteiger partial charge on any atom is -0.325 e. The minimum absolute atomic E-state index is 0.231. The molecule has 4 heteroatoms. The largest absolute Gasteiger partial charge is 0.416 e. The van der Waals surface area contributed by atoms with Crippen LogP contribution in [0.5, 0.6) is 0 Å². The Balaban J connectivity index is 1.67. The third kappa shape index (κ3) is 3.60. The predicted molar refractivity (Wildman–Crippen MR) is 76.7 cm³/mol. The van der Waals surface area contributed by atoms with Gasteiger partial charge in [0.05, 0.1) is 5.56 Å². The van der Waals surface area contributed by atoms with Gasteiger partial charge >= 0.3 is 6.18 Å².